The number of aromatic nitrogens is 1. The smallest absolute Gasteiger partial charge is 0.134 e. The molecule has 1 heterocycles. The van der Waals surface area contributed by atoms with Gasteiger partial charge >= 0.3 is 0 Å². The van der Waals surface area contributed by atoms with Crippen LogP contribution in [0.5, 0.6) is 0 Å². The highest BCUT2D eigenvalue weighted by Gasteiger charge is 2.25. The molecule has 2 N–H and O–H groups in total. The number of halogens is 1. The highest BCUT2D eigenvalue weighted by molar-refractivity contribution is 9.10. The molecule has 20 heavy (non-hydrogen) atoms. The van der Waals surface area contributed by atoms with E-state index in [1.807, 2.05) is 24.4 Å². The minimum Gasteiger partial charge on any atom is -0.396 e. The van der Waals surface area contributed by atoms with Crippen LogP contribution in [0, 0.1) is 5.92 Å². The lowest BCUT2D eigenvalue weighted by Crippen LogP contribution is -2.34. The maximum atomic E-state index is 9.53. The van der Waals surface area contributed by atoms with Gasteiger partial charge < -0.3 is 10.4 Å². The zero-order valence-corrected chi connectivity index (χ0v) is 12.9. The van der Waals surface area contributed by atoms with Crippen LogP contribution in [-0.2, 0) is 0 Å². The Labute approximate surface area is 127 Å². The molecule has 106 valence electrons. The Morgan fingerprint density at radius 1 is 1.20 bits per heavy atom. The van der Waals surface area contributed by atoms with E-state index in [4.69, 9.17) is 0 Å². The van der Waals surface area contributed by atoms with Gasteiger partial charge in [0, 0.05) is 40.0 Å². The van der Waals surface area contributed by atoms with E-state index in [0.717, 1.165) is 28.5 Å². The monoisotopic (exact) mass is 334 g/mol. The maximum absolute atomic E-state index is 9.53. The number of hydrogen-bond donors (Lipinski definition) is 2. The fourth-order valence-electron chi connectivity index (χ4n) is 3.08. The Morgan fingerprint density at radius 2 is 2.05 bits per heavy atom. The molecule has 1 fully saturated rings. The van der Waals surface area contributed by atoms with Crippen LogP contribution in [0.15, 0.2) is 34.9 Å². The molecular formula is C16H19BrN2O. The third-order valence-corrected chi connectivity index (χ3v) is 4.91. The van der Waals surface area contributed by atoms with Crippen molar-refractivity contribution in [1.82, 2.24) is 4.98 Å². The number of hydrogen-bond acceptors (Lipinski definition) is 3. The van der Waals surface area contributed by atoms with E-state index in [1.165, 1.54) is 18.2 Å². The number of benzene rings is 1. The predicted octanol–water partition coefficient (Wildman–Crippen LogP) is 3.96. The average molecular weight is 335 g/mol. The molecule has 2 atom stereocenters. The number of rotatable bonds is 3. The highest BCUT2D eigenvalue weighted by atomic mass is 79.9. The molecule has 0 aliphatic heterocycles. The van der Waals surface area contributed by atoms with Crippen molar-refractivity contribution in [2.24, 2.45) is 5.92 Å². The first kappa shape index (κ1) is 13.8. The van der Waals surface area contributed by atoms with Crippen LogP contribution < -0.4 is 5.32 Å². The number of anilines is 1. The van der Waals surface area contributed by atoms with Gasteiger partial charge in [-0.1, -0.05) is 40.9 Å². The van der Waals surface area contributed by atoms with Gasteiger partial charge in [-0.2, -0.15) is 0 Å². The molecule has 1 aliphatic carbocycles. The second-order valence-electron chi connectivity index (χ2n) is 5.47. The quantitative estimate of drug-likeness (QED) is 0.892. The summed E-state index contributed by atoms with van der Waals surface area (Å²) in [5.41, 5.74) is 0. The Bertz CT molecular complexity index is 602. The summed E-state index contributed by atoms with van der Waals surface area (Å²) in [6.07, 6.45) is 6.49. The number of fused-ring (bicyclic) bond motifs is 1. The fourth-order valence-corrected chi connectivity index (χ4v) is 3.57. The van der Waals surface area contributed by atoms with Gasteiger partial charge in [0.25, 0.3) is 0 Å². The summed E-state index contributed by atoms with van der Waals surface area (Å²) in [5.74, 6) is 1.27. The molecule has 1 saturated carbocycles. The van der Waals surface area contributed by atoms with Crippen molar-refractivity contribution >= 4 is 32.5 Å². The molecule has 1 aromatic heterocycles. The summed E-state index contributed by atoms with van der Waals surface area (Å²) in [6.45, 7) is 0.256. The molecule has 0 amide bonds. The fraction of sp³-hybridized carbons (Fsp3) is 0.438. The van der Waals surface area contributed by atoms with Crippen LogP contribution in [-0.4, -0.2) is 22.7 Å². The summed E-state index contributed by atoms with van der Waals surface area (Å²) < 4.78 is 1.09. The molecule has 0 radical (unpaired) electrons. The number of aliphatic hydroxyl groups excluding tert-OH is 1. The lowest BCUT2D eigenvalue weighted by Gasteiger charge is -2.31. The molecule has 0 saturated heterocycles. The molecule has 4 heteroatoms. The molecule has 2 aromatic rings. The topological polar surface area (TPSA) is 45.1 Å². The van der Waals surface area contributed by atoms with E-state index < -0.39 is 0 Å². The van der Waals surface area contributed by atoms with E-state index >= 15 is 0 Å². The van der Waals surface area contributed by atoms with E-state index in [1.54, 1.807) is 0 Å². The number of aliphatic hydroxyl groups is 1. The molecule has 0 spiro atoms. The average Bonchev–Trinajstić information content (AvgIpc) is 2.49. The van der Waals surface area contributed by atoms with Crippen molar-refractivity contribution in [3.63, 3.8) is 0 Å². The van der Waals surface area contributed by atoms with Crippen molar-refractivity contribution in [2.45, 2.75) is 31.7 Å². The molecule has 1 aromatic carbocycles. The molecule has 1 aliphatic rings. The molecule has 2 unspecified atom stereocenters. The standard InChI is InChI=1S/C16H19BrN2O/c17-14-6-3-5-13-12(14)8-9-18-16(13)19-15-7-2-1-4-11(15)10-20/h3,5-6,8-9,11,15,20H,1-2,4,7,10H2,(H,18,19). The van der Waals surface area contributed by atoms with Crippen LogP contribution >= 0.6 is 15.9 Å². The van der Waals surface area contributed by atoms with E-state index in [2.05, 4.69) is 32.3 Å². The molecular weight excluding hydrogens is 316 g/mol. The van der Waals surface area contributed by atoms with Gasteiger partial charge in [0.15, 0.2) is 0 Å². The van der Waals surface area contributed by atoms with Crippen LogP contribution in [0.4, 0.5) is 5.82 Å². The van der Waals surface area contributed by atoms with Gasteiger partial charge in [-0.15, -0.1) is 0 Å². The summed E-state index contributed by atoms with van der Waals surface area (Å²) in [6, 6.07) is 8.51. The minimum absolute atomic E-state index is 0.256. The lowest BCUT2D eigenvalue weighted by molar-refractivity contribution is 0.178. The van der Waals surface area contributed by atoms with E-state index in [9.17, 15) is 5.11 Å². The molecule has 3 rings (SSSR count). The van der Waals surface area contributed by atoms with Gasteiger partial charge in [-0.25, -0.2) is 4.98 Å². The molecule has 3 nitrogen and oxygen atoms in total. The Hall–Kier alpha value is -1.13. The van der Waals surface area contributed by atoms with Gasteiger partial charge in [0.05, 0.1) is 0 Å². The minimum atomic E-state index is 0.256. The second kappa shape index (κ2) is 6.10. The Kier molecular flexibility index (Phi) is 4.22. The van der Waals surface area contributed by atoms with Gasteiger partial charge in [0.1, 0.15) is 5.82 Å². The highest BCUT2D eigenvalue weighted by Crippen LogP contribution is 2.31. The third-order valence-electron chi connectivity index (χ3n) is 4.22. The Balaban J connectivity index is 1.92. The van der Waals surface area contributed by atoms with E-state index in [0.29, 0.717) is 12.0 Å². The first-order valence-corrected chi connectivity index (χ1v) is 7.99. The van der Waals surface area contributed by atoms with Crippen molar-refractivity contribution in [3.8, 4) is 0 Å². The summed E-state index contributed by atoms with van der Waals surface area (Å²) in [5, 5.41) is 15.4. The van der Waals surface area contributed by atoms with Gasteiger partial charge in [0.2, 0.25) is 0 Å². The maximum Gasteiger partial charge on any atom is 0.134 e. The van der Waals surface area contributed by atoms with Crippen LogP contribution in [0.3, 0.4) is 0 Å². The van der Waals surface area contributed by atoms with Crippen LogP contribution in [0.1, 0.15) is 25.7 Å². The zero-order valence-electron chi connectivity index (χ0n) is 11.3. The molecule has 0 bridgehead atoms. The third kappa shape index (κ3) is 2.67. The SMILES string of the molecule is OCC1CCCCC1Nc1nccc2c(Br)cccc12. The van der Waals surface area contributed by atoms with Crippen molar-refractivity contribution in [3.05, 3.63) is 34.9 Å². The van der Waals surface area contributed by atoms with Crippen LogP contribution in [0.25, 0.3) is 10.8 Å². The van der Waals surface area contributed by atoms with Gasteiger partial charge in [-0.05, 0) is 25.0 Å². The van der Waals surface area contributed by atoms with Crippen molar-refractivity contribution in [2.75, 3.05) is 11.9 Å². The largest absolute Gasteiger partial charge is 0.396 e. The second-order valence-corrected chi connectivity index (χ2v) is 6.33. The Morgan fingerprint density at radius 3 is 2.90 bits per heavy atom. The lowest BCUT2D eigenvalue weighted by atomic mass is 9.85. The summed E-state index contributed by atoms with van der Waals surface area (Å²) >= 11 is 3.59. The predicted molar refractivity (Wildman–Crippen MR) is 85.9 cm³/mol. The van der Waals surface area contributed by atoms with Crippen LogP contribution in [0.2, 0.25) is 0 Å². The number of pyridine rings is 1. The van der Waals surface area contributed by atoms with Crippen molar-refractivity contribution < 1.29 is 5.11 Å². The normalized spacial score (nSPS) is 22.9. The zero-order chi connectivity index (χ0) is 13.9. The van der Waals surface area contributed by atoms with Gasteiger partial charge in [-0.3, -0.25) is 0 Å². The number of nitrogens with zero attached hydrogens (tertiary/aromatic N) is 1. The summed E-state index contributed by atoms with van der Waals surface area (Å²) in [7, 11) is 0. The number of nitrogens with one attached hydrogen (secondary N) is 1. The van der Waals surface area contributed by atoms with Crippen molar-refractivity contribution in [1.29, 1.82) is 0 Å². The summed E-state index contributed by atoms with van der Waals surface area (Å²) in [4.78, 5) is 4.50. The van der Waals surface area contributed by atoms with E-state index in [-0.39, 0.29) is 6.61 Å². The first-order chi connectivity index (χ1) is 9.79. The first-order valence-electron chi connectivity index (χ1n) is 7.20.